The van der Waals surface area contributed by atoms with Crippen molar-refractivity contribution in [2.24, 2.45) is 0 Å². The fourth-order valence-corrected chi connectivity index (χ4v) is 2.28. The molecule has 1 aromatic carbocycles. The minimum absolute atomic E-state index is 0.497. The zero-order chi connectivity index (χ0) is 11.4. The van der Waals surface area contributed by atoms with Crippen LogP contribution in [0, 0.1) is 0 Å². The second-order valence-electron chi connectivity index (χ2n) is 4.27. The second-order valence-corrected chi connectivity index (χ2v) is 4.27. The Kier molecular flexibility index (Phi) is 3.80. The van der Waals surface area contributed by atoms with Crippen molar-refractivity contribution >= 4 is 0 Å². The Morgan fingerprint density at radius 3 is 2.62 bits per heavy atom. The lowest BCUT2D eigenvalue weighted by atomic mass is 9.96. The van der Waals surface area contributed by atoms with Crippen molar-refractivity contribution < 1.29 is 9.47 Å². The normalized spacial score (nSPS) is 24.6. The Hall–Kier alpha value is -1.06. The van der Waals surface area contributed by atoms with E-state index in [0.29, 0.717) is 12.0 Å². The Labute approximate surface area is 96.8 Å². The van der Waals surface area contributed by atoms with Crippen LogP contribution in [0.3, 0.4) is 0 Å². The predicted octanol–water partition coefficient (Wildman–Crippen LogP) is 1.79. The third-order valence-electron chi connectivity index (χ3n) is 3.18. The number of hydrogen-bond donors (Lipinski definition) is 1. The first-order chi connectivity index (χ1) is 7.83. The van der Waals surface area contributed by atoms with Crippen LogP contribution in [0.1, 0.15) is 17.9 Å². The first-order valence-corrected chi connectivity index (χ1v) is 5.69. The van der Waals surface area contributed by atoms with Crippen molar-refractivity contribution in [2.45, 2.75) is 18.4 Å². The SMILES string of the molecule is COCC1CC(c2ccc(OC)cc2)CN1. The molecular weight excluding hydrogens is 202 g/mol. The molecule has 16 heavy (non-hydrogen) atoms. The van der Waals surface area contributed by atoms with E-state index < -0.39 is 0 Å². The molecule has 1 aliphatic rings. The zero-order valence-electron chi connectivity index (χ0n) is 9.90. The molecule has 0 amide bonds. The van der Waals surface area contributed by atoms with E-state index in [1.807, 2.05) is 12.1 Å². The van der Waals surface area contributed by atoms with Gasteiger partial charge in [0.05, 0.1) is 13.7 Å². The number of nitrogens with one attached hydrogen (secondary N) is 1. The molecule has 1 aromatic rings. The molecule has 0 aromatic heterocycles. The van der Waals surface area contributed by atoms with Gasteiger partial charge in [-0.15, -0.1) is 0 Å². The molecule has 2 unspecified atom stereocenters. The van der Waals surface area contributed by atoms with Crippen LogP contribution in [0.15, 0.2) is 24.3 Å². The smallest absolute Gasteiger partial charge is 0.118 e. The van der Waals surface area contributed by atoms with E-state index in [9.17, 15) is 0 Å². The van der Waals surface area contributed by atoms with Gasteiger partial charge in [0.1, 0.15) is 5.75 Å². The van der Waals surface area contributed by atoms with E-state index in [-0.39, 0.29) is 0 Å². The molecule has 0 spiro atoms. The van der Waals surface area contributed by atoms with Gasteiger partial charge in [-0.2, -0.15) is 0 Å². The minimum Gasteiger partial charge on any atom is -0.497 e. The Morgan fingerprint density at radius 2 is 2.00 bits per heavy atom. The van der Waals surface area contributed by atoms with Crippen LogP contribution >= 0.6 is 0 Å². The van der Waals surface area contributed by atoms with Gasteiger partial charge in [-0.25, -0.2) is 0 Å². The molecule has 1 N–H and O–H groups in total. The molecule has 88 valence electrons. The summed E-state index contributed by atoms with van der Waals surface area (Å²) in [7, 11) is 3.45. The van der Waals surface area contributed by atoms with Crippen LogP contribution in [0.4, 0.5) is 0 Å². The Bertz CT molecular complexity index is 323. The molecular formula is C13H19NO2. The largest absolute Gasteiger partial charge is 0.497 e. The summed E-state index contributed by atoms with van der Waals surface area (Å²) in [4.78, 5) is 0. The summed E-state index contributed by atoms with van der Waals surface area (Å²) >= 11 is 0. The van der Waals surface area contributed by atoms with E-state index >= 15 is 0 Å². The van der Waals surface area contributed by atoms with Crippen LogP contribution in [0.5, 0.6) is 5.75 Å². The summed E-state index contributed by atoms with van der Waals surface area (Å²) in [6.07, 6.45) is 1.15. The molecule has 2 atom stereocenters. The first kappa shape index (κ1) is 11.4. The van der Waals surface area contributed by atoms with Gasteiger partial charge in [-0.05, 0) is 30.0 Å². The molecule has 3 nitrogen and oxygen atoms in total. The summed E-state index contributed by atoms with van der Waals surface area (Å²) in [5, 5.41) is 3.48. The minimum atomic E-state index is 0.497. The molecule has 1 aliphatic heterocycles. The highest BCUT2D eigenvalue weighted by Gasteiger charge is 2.24. The van der Waals surface area contributed by atoms with Crippen LogP contribution in [-0.2, 0) is 4.74 Å². The van der Waals surface area contributed by atoms with E-state index in [1.165, 1.54) is 5.56 Å². The number of ether oxygens (including phenoxy) is 2. The summed E-state index contributed by atoms with van der Waals surface area (Å²) < 4.78 is 10.3. The van der Waals surface area contributed by atoms with Crippen molar-refractivity contribution in [2.75, 3.05) is 27.4 Å². The molecule has 2 rings (SSSR count). The van der Waals surface area contributed by atoms with Crippen LogP contribution in [-0.4, -0.2) is 33.4 Å². The topological polar surface area (TPSA) is 30.5 Å². The van der Waals surface area contributed by atoms with Crippen LogP contribution in [0.2, 0.25) is 0 Å². The van der Waals surface area contributed by atoms with E-state index in [1.54, 1.807) is 14.2 Å². The summed E-state index contributed by atoms with van der Waals surface area (Å²) in [6.45, 7) is 1.84. The highest BCUT2D eigenvalue weighted by molar-refractivity contribution is 5.30. The Morgan fingerprint density at radius 1 is 1.25 bits per heavy atom. The summed E-state index contributed by atoms with van der Waals surface area (Å²) in [5.74, 6) is 1.52. The summed E-state index contributed by atoms with van der Waals surface area (Å²) in [6, 6.07) is 8.86. The molecule has 1 saturated heterocycles. The van der Waals surface area contributed by atoms with Crippen LogP contribution < -0.4 is 10.1 Å². The monoisotopic (exact) mass is 221 g/mol. The third kappa shape index (κ3) is 2.54. The van der Waals surface area contributed by atoms with Gasteiger partial charge >= 0.3 is 0 Å². The average molecular weight is 221 g/mol. The van der Waals surface area contributed by atoms with Gasteiger partial charge in [0.15, 0.2) is 0 Å². The van der Waals surface area contributed by atoms with Gasteiger partial charge in [0, 0.05) is 19.7 Å². The molecule has 1 fully saturated rings. The molecule has 0 bridgehead atoms. The number of methoxy groups -OCH3 is 2. The molecule has 3 heteroatoms. The molecule has 0 saturated carbocycles. The maximum absolute atomic E-state index is 5.16. The lowest BCUT2D eigenvalue weighted by Crippen LogP contribution is -2.25. The highest BCUT2D eigenvalue weighted by Crippen LogP contribution is 2.27. The molecule has 0 radical (unpaired) electrons. The predicted molar refractivity (Wildman–Crippen MR) is 64.0 cm³/mol. The van der Waals surface area contributed by atoms with E-state index in [2.05, 4.69) is 17.4 Å². The first-order valence-electron chi connectivity index (χ1n) is 5.69. The van der Waals surface area contributed by atoms with Crippen LogP contribution in [0.25, 0.3) is 0 Å². The van der Waals surface area contributed by atoms with Gasteiger partial charge in [-0.3, -0.25) is 0 Å². The fraction of sp³-hybridized carbons (Fsp3) is 0.538. The highest BCUT2D eigenvalue weighted by atomic mass is 16.5. The summed E-state index contributed by atoms with van der Waals surface area (Å²) in [5.41, 5.74) is 1.38. The number of rotatable bonds is 4. The maximum Gasteiger partial charge on any atom is 0.118 e. The number of benzene rings is 1. The van der Waals surface area contributed by atoms with Gasteiger partial charge in [0.25, 0.3) is 0 Å². The quantitative estimate of drug-likeness (QED) is 0.840. The average Bonchev–Trinajstić information content (AvgIpc) is 2.78. The standard InChI is InChI=1S/C13H19NO2/c1-15-9-12-7-11(8-14-12)10-3-5-13(16-2)6-4-10/h3-6,11-12,14H,7-9H2,1-2H3. The van der Waals surface area contributed by atoms with Gasteiger partial charge in [-0.1, -0.05) is 12.1 Å². The Balaban J connectivity index is 1.97. The van der Waals surface area contributed by atoms with Gasteiger partial charge in [0.2, 0.25) is 0 Å². The zero-order valence-corrected chi connectivity index (χ0v) is 9.90. The molecule has 0 aliphatic carbocycles. The second kappa shape index (κ2) is 5.32. The maximum atomic E-state index is 5.16. The van der Waals surface area contributed by atoms with Gasteiger partial charge < -0.3 is 14.8 Å². The third-order valence-corrected chi connectivity index (χ3v) is 3.18. The molecule has 1 heterocycles. The number of hydrogen-bond acceptors (Lipinski definition) is 3. The van der Waals surface area contributed by atoms with E-state index in [0.717, 1.165) is 25.3 Å². The van der Waals surface area contributed by atoms with Crippen molar-refractivity contribution in [3.63, 3.8) is 0 Å². The fourth-order valence-electron chi connectivity index (χ4n) is 2.28. The lowest BCUT2D eigenvalue weighted by Gasteiger charge is -2.10. The van der Waals surface area contributed by atoms with Crippen molar-refractivity contribution in [1.82, 2.24) is 5.32 Å². The van der Waals surface area contributed by atoms with E-state index in [4.69, 9.17) is 9.47 Å². The van der Waals surface area contributed by atoms with Crippen molar-refractivity contribution in [3.8, 4) is 5.75 Å². The van der Waals surface area contributed by atoms with Crippen molar-refractivity contribution in [1.29, 1.82) is 0 Å². The lowest BCUT2D eigenvalue weighted by molar-refractivity contribution is 0.173. The van der Waals surface area contributed by atoms with Crippen molar-refractivity contribution in [3.05, 3.63) is 29.8 Å².